The highest BCUT2D eigenvalue weighted by Gasteiger charge is 2.37. The van der Waals surface area contributed by atoms with Crippen LogP contribution < -0.4 is 29.4 Å². The Morgan fingerprint density at radius 3 is 2.50 bits per heavy atom. The van der Waals surface area contributed by atoms with Crippen molar-refractivity contribution in [2.24, 2.45) is 16.0 Å². The van der Waals surface area contributed by atoms with Gasteiger partial charge in [0.1, 0.15) is 5.92 Å². The second kappa shape index (κ2) is 12.1. The number of hydrazone groups is 1. The van der Waals surface area contributed by atoms with Gasteiger partial charge in [-0.2, -0.15) is 10.1 Å². The second-order valence-electron chi connectivity index (χ2n) is 9.49. The summed E-state index contributed by atoms with van der Waals surface area (Å²) >= 11 is 4.77. The van der Waals surface area contributed by atoms with Gasteiger partial charge in [0.25, 0.3) is 11.5 Å². The smallest absolute Gasteiger partial charge is 0.338 e. The summed E-state index contributed by atoms with van der Waals surface area (Å²) in [5.41, 5.74) is 2.06. The number of fused-ring (bicyclic) bond motifs is 1. The van der Waals surface area contributed by atoms with Crippen molar-refractivity contribution in [3.8, 4) is 11.5 Å². The summed E-state index contributed by atoms with van der Waals surface area (Å²) in [4.78, 5) is 45.8. The molecule has 3 aromatic rings. The van der Waals surface area contributed by atoms with Crippen molar-refractivity contribution in [3.63, 3.8) is 0 Å². The zero-order chi connectivity index (χ0) is 30.1. The first-order valence-corrected chi connectivity index (χ1v) is 14.9. The molecule has 0 spiro atoms. The van der Waals surface area contributed by atoms with Gasteiger partial charge in [0, 0.05) is 4.47 Å². The summed E-state index contributed by atoms with van der Waals surface area (Å²) in [6.45, 7) is 7.63. The Labute approximate surface area is 254 Å². The highest BCUT2D eigenvalue weighted by molar-refractivity contribution is 9.10. The molecule has 0 bridgehead atoms. The number of halogens is 1. The summed E-state index contributed by atoms with van der Waals surface area (Å²) in [5.74, 6) is -0.611. The molecule has 2 aliphatic heterocycles. The molecule has 10 nitrogen and oxygen atoms in total. The lowest BCUT2D eigenvalue weighted by atomic mass is 9.95. The molecule has 42 heavy (non-hydrogen) atoms. The van der Waals surface area contributed by atoms with Gasteiger partial charge in [-0.25, -0.2) is 9.79 Å². The summed E-state index contributed by atoms with van der Waals surface area (Å²) in [6, 6.07) is 11.7. The topological polar surface area (TPSA) is 112 Å². The monoisotopic (exact) mass is 652 g/mol. The number of thiazole rings is 1. The minimum Gasteiger partial charge on any atom is -0.493 e. The van der Waals surface area contributed by atoms with Crippen LogP contribution in [-0.2, 0) is 14.3 Å². The van der Waals surface area contributed by atoms with Gasteiger partial charge >= 0.3 is 5.97 Å². The van der Waals surface area contributed by atoms with Crippen molar-refractivity contribution in [1.29, 1.82) is 0 Å². The van der Waals surface area contributed by atoms with Crippen molar-refractivity contribution >= 4 is 56.6 Å². The van der Waals surface area contributed by atoms with E-state index >= 15 is 0 Å². The van der Waals surface area contributed by atoms with Crippen LogP contribution in [0.15, 0.2) is 73.1 Å². The van der Waals surface area contributed by atoms with E-state index in [-0.39, 0.29) is 18.1 Å². The lowest BCUT2D eigenvalue weighted by Crippen LogP contribution is -2.40. The molecule has 0 saturated heterocycles. The maximum absolute atomic E-state index is 14.1. The number of hydrogen-bond donors (Lipinski definition) is 0. The number of carbonyl (C=O) groups excluding carboxylic acids is 2. The molecule has 218 valence electrons. The third kappa shape index (κ3) is 5.20. The molecular formula is C30H29BrN4O6S. The van der Waals surface area contributed by atoms with Crippen molar-refractivity contribution < 1.29 is 23.8 Å². The number of methoxy groups -OCH3 is 1. The van der Waals surface area contributed by atoms with E-state index in [9.17, 15) is 14.4 Å². The van der Waals surface area contributed by atoms with Gasteiger partial charge in [0.05, 0.1) is 53.6 Å². The Hall–Kier alpha value is -4.03. The van der Waals surface area contributed by atoms with E-state index in [4.69, 9.17) is 14.2 Å². The number of nitrogens with zero attached hydrogens (tertiary/aromatic N) is 4. The standard InChI is InChI=1S/C30H29BrN4O6S/c1-6-40-23-15-21(31)20(13-22(23)39-5)26-25(29(38)41-7-2)17(4)32-30-34(26)28(37)24(42-30)14-19-16(3)33-35(27(19)36)18-11-9-8-10-12-18/h8-15,19,26H,6-7H2,1-5H3/b24-14-/t19-,26-/m0/s1. The number of esters is 1. The number of allylic oxidation sites excluding steroid dienone is 1. The first-order valence-electron chi connectivity index (χ1n) is 13.3. The summed E-state index contributed by atoms with van der Waals surface area (Å²) < 4.78 is 19.1. The molecule has 0 aliphatic carbocycles. The molecule has 0 N–H and O–H groups in total. The highest BCUT2D eigenvalue weighted by Crippen LogP contribution is 2.41. The molecule has 12 heteroatoms. The minimum atomic E-state index is -0.878. The Morgan fingerprint density at radius 2 is 1.83 bits per heavy atom. The predicted octanol–water partition coefficient (Wildman–Crippen LogP) is 3.96. The SMILES string of the molecule is CCOC(=O)C1=C(C)N=c2s/c(=C\[C@@H]3C(=O)N(c4ccccc4)N=C3C)c(=O)n2[C@H]1c1cc(OC)c(OCC)cc1Br. The fourth-order valence-electron chi connectivity index (χ4n) is 4.97. The normalized spacial score (nSPS) is 18.5. The van der Waals surface area contributed by atoms with Crippen molar-refractivity contribution in [3.05, 3.63) is 83.5 Å². The highest BCUT2D eigenvalue weighted by atomic mass is 79.9. The largest absolute Gasteiger partial charge is 0.493 e. The summed E-state index contributed by atoms with van der Waals surface area (Å²) in [6.07, 6.45) is 1.63. The molecular weight excluding hydrogens is 624 g/mol. The lowest BCUT2D eigenvalue weighted by Gasteiger charge is -2.26. The number of ether oxygens (including phenoxy) is 3. The first-order chi connectivity index (χ1) is 20.2. The van der Waals surface area contributed by atoms with Gasteiger partial charge < -0.3 is 14.2 Å². The van der Waals surface area contributed by atoms with Crippen LogP contribution in [0.2, 0.25) is 0 Å². The van der Waals surface area contributed by atoms with Crippen LogP contribution in [0.25, 0.3) is 6.08 Å². The third-order valence-electron chi connectivity index (χ3n) is 6.90. The van der Waals surface area contributed by atoms with Gasteiger partial charge in [0.2, 0.25) is 0 Å². The number of para-hydroxylation sites is 1. The van der Waals surface area contributed by atoms with Crippen molar-refractivity contribution in [1.82, 2.24) is 4.57 Å². The predicted molar refractivity (Wildman–Crippen MR) is 164 cm³/mol. The van der Waals surface area contributed by atoms with E-state index in [0.717, 1.165) is 11.3 Å². The van der Waals surface area contributed by atoms with Crippen LogP contribution in [0.4, 0.5) is 5.69 Å². The van der Waals surface area contributed by atoms with E-state index < -0.39 is 23.5 Å². The van der Waals surface area contributed by atoms with E-state index in [1.165, 1.54) is 16.7 Å². The number of rotatable bonds is 8. The van der Waals surface area contributed by atoms with Gasteiger partial charge in [-0.1, -0.05) is 45.5 Å². The maximum atomic E-state index is 14.1. The van der Waals surface area contributed by atoms with Crippen LogP contribution >= 0.6 is 27.3 Å². The first kappa shape index (κ1) is 29.5. The van der Waals surface area contributed by atoms with Gasteiger partial charge in [-0.05, 0) is 63.6 Å². The van der Waals surface area contributed by atoms with Crippen molar-refractivity contribution in [2.45, 2.75) is 33.7 Å². The van der Waals surface area contributed by atoms with Gasteiger partial charge in [-0.3, -0.25) is 14.2 Å². The minimum absolute atomic E-state index is 0.154. The Morgan fingerprint density at radius 1 is 1.10 bits per heavy atom. The number of amides is 1. The molecule has 1 amide bonds. The molecule has 0 radical (unpaired) electrons. The fraction of sp³-hybridized carbons (Fsp3) is 0.300. The lowest BCUT2D eigenvalue weighted by molar-refractivity contribution is -0.139. The molecule has 0 unspecified atom stereocenters. The van der Waals surface area contributed by atoms with Crippen LogP contribution in [0.3, 0.4) is 0 Å². The average Bonchev–Trinajstić information content (AvgIpc) is 3.43. The van der Waals surface area contributed by atoms with E-state index in [1.807, 2.05) is 25.1 Å². The zero-order valence-corrected chi connectivity index (χ0v) is 26.1. The molecule has 2 atom stereocenters. The number of aromatic nitrogens is 1. The molecule has 5 rings (SSSR count). The number of carbonyl (C=O) groups is 2. The van der Waals surface area contributed by atoms with Crippen molar-refractivity contribution in [2.75, 3.05) is 25.3 Å². The molecule has 3 heterocycles. The Balaban J connectivity index is 1.67. The molecule has 0 fully saturated rings. The molecule has 1 aromatic heterocycles. The third-order valence-corrected chi connectivity index (χ3v) is 8.58. The van der Waals surface area contributed by atoms with E-state index in [2.05, 4.69) is 26.0 Å². The summed E-state index contributed by atoms with van der Waals surface area (Å²) in [5, 5.41) is 5.80. The second-order valence-corrected chi connectivity index (χ2v) is 11.4. The number of hydrogen-bond acceptors (Lipinski definition) is 9. The quantitative estimate of drug-likeness (QED) is 0.341. The Bertz CT molecular complexity index is 1810. The molecule has 0 saturated carbocycles. The number of anilines is 1. The van der Waals surface area contributed by atoms with Crippen LogP contribution in [-0.4, -0.2) is 42.5 Å². The maximum Gasteiger partial charge on any atom is 0.338 e. The van der Waals surface area contributed by atoms with Crippen LogP contribution in [0.5, 0.6) is 11.5 Å². The zero-order valence-electron chi connectivity index (χ0n) is 23.7. The van der Waals surface area contributed by atoms with Gasteiger partial charge in [-0.15, -0.1) is 0 Å². The number of benzene rings is 2. The fourth-order valence-corrected chi connectivity index (χ4v) is 6.56. The average molecular weight is 654 g/mol. The van der Waals surface area contributed by atoms with Crippen LogP contribution in [0, 0.1) is 5.92 Å². The van der Waals surface area contributed by atoms with E-state index in [0.29, 0.717) is 54.6 Å². The summed E-state index contributed by atoms with van der Waals surface area (Å²) in [7, 11) is 1.52. The van der Waals surface area contributed by atoms with Gasteiger partial charge in [0.15, 0.2) is 16.3 Å². The molecule has 2 aliphatic rings. The van der Waals surface area contributed by atoms with E-state index in [1.54, 1.807) is 51.1 Å². The Kier molecular flexibility index (Phi) is 8.46. The molecule has 2 aromatic carbocycles. The van der Waals surface area contributed by atoms with Crippen LogP contribution in [0.1, 0.15) is 39.3 Å².